The first-order valence-electron chi connectivity index (χ1n) is 0.406. The molecule has 0 aliphatic heterocycles. The van der Waals surface area contributed by atoms with E-state index in [1.807, 2.05) is 0 Å². The molecule has 4 heteroatoms. The molecule has 0 radical (unpaired) electrons. The van der Waals surface area contributed by atoms with Gasteiger partial charge in [0, 0.05) is 0 Å². The van der Waals surface area contributed by atoms with Crippen LogP contribution in [0.2, 0.25) is 0 Å². The van der Waals surface area contributed by atoms with Crippen molar-refractivity contribution in [3.63, 3.8) is 0 Å². The fourth-order valence-electron chi connectivity index (χ4n) is 0. The van der Waals surface area contributed by atoms with Crippen molar-refractivity contribution in [1.82, 2.24) is 0 Å². The Morgan fingerprint density at radius 3 is 1.75 bits per heavy atom. The third-order valence-corrected chi connectivity index (χ3v) is 0. The Labute approximate surface area is 59.9 Å². The van der Waals surface area contributed by atoms with Crippen LogP contribution in [0.1, 0.15) is 0 Å². The van der Waals surface area contributed by atoms with Gasteiger partial charge in [0.2, 0.25) is 0 Å². The third-order valence-electron chi connectivity index (χ3n) is 0. The van der Waals surface area contributed by atoms with Crippen LogP contribution in [0.25, 0.3) is 0 Å². The molecule has 0 aliphatic rings. The van der Waals surface area contributed by atoms with E-state index in [2.05, 4.69) is 0 Å². The van der Waals surface area contributed by atoms with Gasteiger partial charge >= 0.3 is 60.5 Å². The molecular weight excluding hydrogens is 118 g/mol. The van der Waals surface area contributed by atoms with Crippen molar-refractivity contribution >= 4 is 36.0 Å². The van der Waals surface area contributed by atoms with E-state index in [0.29, 0.717) is 0 Å². The fourth-order valence-corrected chi connectivity index (χ4v) is 0. The molecule has 0 aliphatic carbocycles. The average molecular weight is 119 g/mol. The van der Waals surface area contributed by atoms with Crippen LogP contribution in [-0.2, 0) is 24.5 Å². The van der Waals surface area contributed by atoms with E-state index < -0.39 is 0 Å². The van der Waals surface area contributed by atoms with E-state index in [0.717, 1.165) is 0 Å². The molecule has 1 nitrogen and oxygen atoms in total. The van der Waals surface area contributed by atoms with Crippen molar-refractivity contribution in [3.05, 3.63) is 0 Å². The van der Waals surface area contributed by atoms with Crippen LogP contribution in [0.3, 0.4) is 0 Å². The molecule has 0 N–H and O–H groups in total. The summed E-state index contributed by atoms with van der Waals surface area (Å²) in [7, 11) is 0. The Hall–Kier alpha value is 1.81. The molecule has 4 heavy (non-hydrogen) atoms. The molecule has 0 aromatic rings. The van der Waals surface area contributed by atoms with Crippen LogP contribution in [0.4, 0.5) is 0 Å². The van der Waals surface area contributed by atoms with E-state index in [1.54, 1.807) is 19.9 Å². The molecule has 17 valence electrons. The van der Waals surface area contributed by atoms with Crippen molar-refractivity contribution in [2.24, 2.45) is 0 Å². The molecule has 0 heterocycles. The zero-order chi connectivity index (χ0) is 2.71. The predicted molar refractivity (Wildman–Crippen MR) is 14.8 cm³/mol. The van der Waals surface area contributed by atoms with Gasteiger partial charge in [-0.15, -0.1) is 0 Å². The minimum absolute atomic E-state index is 0. The van der Waals surface area contributed by atoms with Gasteiger partial charge < -0.3 is 0 Å². The maximum atomic E-state index is 8.90. The third kappa shape index (κ3) is 9.18. The van der Waals surface area contributed by atoms with Gasteiger partial charge in [-0.2, -0.15) is 0 Å². The summed E-state index contributed by atoms with van der Waals surface area (Å²) in [6.07, 6.45) is 0. The van der Waals surface area contributed by atoms with Crippen molar-refractivity contribution in [2.75, 3.05) is 0 Å². The van der Waals surface area contributed by atoms with Gasteiger partial charge in [0.05, 0.1) is 0 Å². The number of hydrogen-bond donors (Lipinski definition) is 0. The van der Waals surface area contributed by atoms with Gasteiger partial charge in [-0.05, 0) is 0 Å². The van der Waals surface area contributed by atoms with E-state index in [-0.39, 0.29) is 36.0 Å². The molecule has 0 atom stereocenters. The van der Waals surface area contributed by atoms with Crippen LogP contribution < -0.4 is 0 Å². The molecule has 0 rings (SSSR count). The van der Waals surface area contributed by atoms with E-state index in [4.69, 9.17) is 4.57 Å². The average Bonchev–Trinajstić information content (AvgIpc) is 0.918. The van der Waals surface area contributed by atoms with Crippen LogP contribution in [-0.4, -0.2) is 29.6 Å². The van der Waals surface area contributed by atoms with Crippen molar-refractivity contribution in [1.29, 1.82) is 0 Å². The van der Waals surface area contributed by atoms with Gasteiger partial charge in [-0.25, -0.2) is 0 Å². The Morgan fingerprint density at radius 2 is 1.75 bits per heavy atom. The molecule has 0 saturated heterocycles. The zero-order valence-electron chi connectivity index (χ0n) is 1.36. The molecule has 0 aromatic heterocycles. The molecule has 0 unspecified atom stereocenters. The second-order valence-electron chi connectivity index (χ2n) is 0.0913. The summed E-state index contributed by atoms with van der Waals surface area (Å²) >= 11 is 1.54. The maximum absolute atomic E-state index is 8.90. The minimum atomic E-state index is 0. The topological polar surface area (TPSA) is 17.1 Å². The quantitative estimate of drug-likeness (QED) is 0.326. The summed E-state index contributed by atoms with van der Waals surface area (Å²) in [4.78, 5) is 0. The molecule has 0 aromatic carbocycles. The normalized spacial score (nSPS) is 4.75. The van der Waals surface area contributed by atoms with E-state index in [9.17, 15) is 0 Å². The van der Waals surface area contributed by atoms with Crippen LogP contribution in [0, 0.1) is 0 Å². The Morgan fingerprint density at radius 1 is 1.75 bits per heavy atom. The number of rotatable bonds is 0. The van der Waals surface area contributed by atoms with E-state index >= 15 is 0 Å². The number of hydrogen-bond acceptors (Lipinski definition) is 1. The Bertz CT molecular complexity index is 15.5. The first-order valence-corrected chi connectivity index (χ1v) is 3.31. The first-order chi connectivity index (χ1) is 1.41. The van der Waals surface area contributed by atoms with Gasteiger partial charge in [0.15, 0.2) is 0 Å². The summed E-state index contributed by atoms with van der Waals surface area (Å²) in [6, 6.07) is 0. The summed E-state index contributed by atoms with van der Waals surface area (Å²) < 4.78 is 8.90. The van der Waals surface area contributed by atoms with Gasteiger partial charge in [0.1, 0.15) is 0 Å². The molecular formula is HNaOPTi. The summed E-state index contributed by atoms with van der Waals surface area (Å²) in [5.74, 6) is 0. The van der Waals surface area contributed by atoms with Crippen molar-refractivity contribution in [2.45, 2.75) is 0 Å². The Kier molecular flexibility index (Phi) is 20.5. The Balaban J connectivity index is 0. The second kappa shape index (κ2) is 8.84. The van der Waals surface area contributed by atoms with Crippen LogP contribution in [0.15, 0.2) is 0 Å². The molecule has 0 bridgehead atoms. The summed E-state index contributed by atoms with van der Waals surface area (Å²) in [5.41, 5.74) is 0. The van der Waals surface area contributed by atoms with Crippen LogP contribution >= 0.6 is 6.45 Å². The van der Waals surface area contributed by atoms with Gasteiger partial charge in [0.25, 0.3) is 0 Å². The molecule has 0 amide bonds. The first kappa shape index (κ1) is 9.26. The van der Waals surface area contributed by atoms with Crippen LogP contribution in [0.5, 0.6) is 0 Å². The van der Waals surface area contributed by atoms with Gasteiger partial charge in [-0.1, -0.05) is 0 Å². The van der Waals surface area contributed by atoms with Crippen molar-refractivity contribution < 1.29 is 24.5 Å². The van der Waals surface area contributed by atoms with Gasteiger partial charge in [-0.3, -0.25) is 0 Å². The zero-order valence-corrected chi connectivity index (χ0v) is 3.81. The monoisotopic (exact) mass is 119 g/mol. The summed E-state index contributed by atoms with van der Waals surface area (Å²) in [5, 5.41) is 0. The SMILES string of the molecule is O=[P][Ti].[NaH]. The summed E-state index contributed by atoms with van der Waals surface area (Å²) in [6.45, 7) is 0.167. The molecule has 0 spiro atoms. The fraction of sp³-hybridized carbons (Fsp3) is 0. The molecule has 0 saturated carbocycles. The second-order valence-corrected chi connectivity index (χ2v) is 1.13. The van der Waals surface area contributed by atoms with E-state index in [1.165, 1.54) is 0 Å². The standard InChI is InChI=1S/Na.OP.Ti.H/c;1-2;;/q;-1;+1;. The predicted octanol–water partition coefficient (Wildman–Crippen LogP) is 0.0914. The molecule has 0 fully saturated rings. The van der Waals surface area contributed by atoms with Crippen molar-refractivity contribution in [3.8, 4) is 0 Å².